The molecule has 12 heteroatoms. The number of nitro groups is 1. The van der Waals surface area contributed by atoms with E-state index in [0.717, 1.165) is 27.4 Å². The lowest BCUT2D eigenvalue weighted by Gasteiger charge is -2.23. The zero-order valence-corrected chi connectivity index (χ0v) is 24.8. The molecule has 1 unspecified atom stereocenters. The number of hydrogen-bond acceptors (Lipinski definition) is 10. The zero-order valence-electron chi connectivity index (χ0n) is 24.0. The fourth-order valence-corrected chi connectivity index (χ4v) is 5.82. The summed E-state index contributed by atoms with van der Waals surface area (Å²) >= 11 is 0.871. The Bertz CT molecular complexity index is 1790. The van der Waals surface area contributed by atoms with Crippen LogP contribution in [-0.4, -0.2) is 39.3 Å². The Kier molecular flexibility index (Phi) is 8.54. The van der Waals surface area contributed by atoms with E-state index in [4.69, 9.17) is 9.47 Å². The Morgan fingerprint density at radius 3 is 2.41 bits per heavy atom. The third-order valence-electron chi connectivity index (χ3n) is 6.93. The molecule has 0 bridgehead atoms. The van der Waals surface area contributed by atoms with Crippen LogP contribution in [0.4, 0.5) is 10.8 Å². The predicted octanol–water partition coefficient (Wildman–Crippen LogP) is 6.05. The van der Waals surface area contributed by atoms with Crippen molar-refractivity contribution in [2.75, 3.05) is 11.5 Å². The third kappa shape index (κ3) is 5.92. The van der Waals surface area contributed by atoms with Gasteiger partial charge in [0.25, 0.3) is 11.5 Å². The number of ketones is 1. The fourth-order valence-electron chi connectivity index (χ4n) is 4.83. The summed E-state index contributed by atoms with van der Waals surface area (Å²) in [5, 5.41) is 22.8. The van der Waals surface area contributed by atoms with Crippen LogP contribution in [0.25, 0.3) is 5.76 Å². The molecule has 224 valence electrons. The maximum atomic E-state index is 13.5. The number of carbonyl (C=O) groups excluding carboxylic acids is 3. The molecule has 0 aliphatic carbocycles. The first-order chi connectivity index (χ1) is 21.1. The first-order valence-corrected chi connectivity index (χ1v) is 14.4. The van der Waals surface area contributed by atoms with Gasteiger partial charge in [0, 0.05) is 17.7 Å². The van der Waals surface area contributed by atoms with Gasteiger partial charge in [0.2, 0.25) is 0 Å². The number of nitro benzene ring substituents is 1. The summed E-state index contributed by atoms with van der Waals surface area (Å²) < 4.78 is 11.0. The van der Waals surface area contributed by atoms with Crippen molar-refractivity contribution in [2.24, 2.45) is 0 Å². The smallest absolute Gasteiger partial charge is 0.350 e. The molecule has 2 heterocycles. The standard InChI is InChI=1S/C32H27N3O8S/c1-4-42-31(39)29-19(3)33-32(44-29)34-26(21-8-12-23(13-9-21)35(40)41)25(28(37)30(34)38)27(36)22-10-14-24(15-11-22)43-17-20-7-5-6-18(2)16-20/h5-16,26,36H,4,17H2,1-3H3/b27-25+. The Hall–Kier alpha value is -5.36. The number of thiazole rings is 1. The van der Waals surface area contributed by atoms with E-state index in [1.807, 2.05) is 31.2 Å². The minimum atomic E-state index is -1.19. The Balaban J connectivity index is 1.54. The Labute approximate surface area is 256 Å². The van der Waals surface area contributed by atoms with Crippen molar-refractivity contribution in [3.8, 4) is 5.75 Å². The summed E-state index contributed by atoms with van der Waals surface area (Å²) in [7, 11) is 0. The van der Waals surface area contributed by atoms with Crippen molar-refractivity contribution in [3.05, 3.63) is 121 Å². The number of Topliss-reactive ketones (excluding diaryl/α,β-unsaturated/α-hetero) is 1. The van der Waals surface area contributed by atoms with E-state index in [0.29, 0.717) is 23.6 Å². The minimum Gasteiger partial charge on any atom is -0.507 e. The van der Waals surface area contributed by atoms with Gasteiger partial charge in [-0.25, -0.2) is 9.78 Å². The lowest BCUT2D eigenvalue weighted by Crippen LogP contribution is -2.29. The van der Waals surface area contributed by atoms with Crippen LogP contribution in [0.5, 0.6) is 5.75 Å². The number of anilines is 1. The van der Waals surface area contributed by atoms with Gasteiger partial charge in [-0.2, -0.15) is 0 Å². The predicted molar refractivity (Wildman–Crippen MR) is 163 cm³/mol. The summed E-state index contributed by atoms with van der Waals surface area (Å²) in [6.45, 7) is 5.69. The van der Waals surface area contributed by atoms with Gasteiger partial charge in [0.15, 0.2) is 5.13 Å². The lowest BCUT2D eigenvalue weighted by atomic mass is 9.95. The number of esters is 1. The van der Waals surface area contributed by atoms with Crippen molar-refractivity contribution >= 4 is 45.6 Å². The van der Waals surface area contributed by atoms with Crippen LogP contribution < -0.4 is 9.64 Å². The van der Waals surface area contributed by atoms with Gasteiger partial charge in [0.05, 0.1) is 28.8 Å². The molecule has 0 saturated carbocycles. The van der Waals surface area contributed by atoms with Crippen molar-refractivity contribution in [1.82, 2.24) is 4.98 Å². The second-order valence-electron chi connectivity index (χ2n) is 9.95. The van der Waals surface area contributed by atoms with Crippen LogP contribution in [0.1, 0.15) is 50.6 Å². The molecule has 1 saturated heterocycles. The number of aliphatic hydroxyl groups excluding tert-OH is 1. The summed E-state index contributed by atoms with van der Waals surface area (Å²) in [5.74, 6) is -2.49. The van der Waals surface area contributed by atoms with Crippen LogP contribution in [0, 0.1) is 24.0 Å². The van der Waals surface area contributed by atoms with E-state index >= 15 is 0 Å². The summed E-state index contributed by atoms with van der Waals surface area (Å²) in [6, 6.07) is 18.4. The molecular formula is C32H27N3O8S. The summed E-state index contributed by atoms with van der Waals surface area (Å²) in [5.41, 5.74) is 2.54. The van der Waals surface area contributed by atoms with Crippen LogP contribution in [0.15, 0.2) is 78.4 Å². The van der Waals surface area contributed by atoms with Crippen molar-refractivity contribution in [1.29, 1.82) is 0 Å². The number of aliphatic hydroxyl groups is 1. The van der Waals surface area contributed by atoms with E-state index in [9.17, 15) is 29.6 Å². The van der Waals surface area contributed by atoms with Gasteiger partial charge < -0.3 is 14.6 Å². The quantitative estimate of drug-likeness (QED) is 0.0594. The van der Waals surface area contributed by atoms with Crippen molar-refractivity contribution in [3.63, 3.8) is 0 Å². The molecule has 11 nitrogen and oxygen atoms in total. The maximum absolute atomic E-state index is 13.5. The molecule has 1 fully saturated rings. The van der Waals surface area contributed by atoms with Gasteiger partial charge in [-0.15, -0.1) is 0 Å². The highest BCUT2D eigenvalue weighted by molar-refractivity contribution is 7.17. The highest BCUT2D eigenvalue weighted by Gasteiger charge is 2.48. The lowest BCUT2D eigenvalue weighted by molar-refractivity contribution is -0.384. The zero-order chi connectivity index (χ0) is 31.5. The normalized spacial score (nSPS) is 15.8. The van der Waals surface area contributed by atoms with Crippen LogP contribution >= 0.6 is 11.3 Å². The van der Waals surface area contributed by atoms with Gasteiger partial charge in [-0.1, -0.05) is 41.2 Å². The first kappa shape index (κ1) is 30.1. The van der Waals surface area contributed by atoms with E-state index in [1.54, 1.807) is 38.1 Å². The van der Waals surface area contributed by atoms with Crippen molar-refractivity contribution in [2.45, 2.75) is 33.4 Å². The largest absolute Gasteiger partial charge is 0.507 e. The van der Waals surface area contributed by atoms with Gasteiger partial charge in [-0.3, -0.25) is 24.6 Å². The molecule has 1 aliphatic heterocycles. The average molecular weight is 614 g/mol. The molecular weight excluding hydrogens is 586 g/mol. The van der Waals surface area contributed by atoms with E-state index in [-0.39, 0.29) is 33.4 Å². The van der Waals surface area contributed by atoms with Crippen LogP contribution in [-0.2, 0) is 20.9 Å². The number of aromatic nitrogens is 1. The number of ether oxygens (including phenoxy) is 2. The molecule has 5 rings (SSSR count). The highest BCUT2D eigenvalue weighted by Crippen LogP contribution is 2.44. The molecule has 3 aromatic carbocycles. The number of rotatable bonds is 9. The number of benzene rings is 3. The number of amides is 1. The van der Waals surface area contributed by atoms with E-state index in [1.165, 1.54) is 24.3 Å². The van der Waals surface area contributed by atoms with Crippen LogP contribution in [0.2, 0.25) is 0 Å². The topological polar surface area (TPSA) is 149 Å². The highest BCUT2D eigenvalue weighted by atomic mass is 32.1. The van der Waals surface area contributed by atoms with Gasteiger partial charge in [-0.05, 0) is 68.3 Å². The fraction of sp³-hybridized carbons (Fsp3) is 0.188. The summed E-state index contributed by atoms with van der Waals surface area (Å²) in [6.07, 6.45) is 0. The average Bonchev–Trinajstić information content (AvgIpc) is 3.52. The second kappa shape index (κ2) is 12.5. The van der Waals surface area contributed by atoms with Gasteiger partial charge >= 0.3 is 11.9 Å². The molecule has 1 aromatic heterocycles. The summed E-state index contributed by atoms with van der Waals surface area (Å²) in [4.78, 5) is 55.8. The Morgan fingerprint density at radius 2 is 1.77 bits per heavy atom. The molecule has 1 amide bonds. The number of carbonyl (C=O) groups is 3. The SMILES string of the molecule is CCOC(=O)c1sc(N2C(=O)C(=O)/C(=C(/O)c3ccc(OCc4cccc(C)c4)cc3)C2c2ccc([N+](=O)[O-])cc2)nc1C. The number of nitrogens with zero attached hydrogens (tertiary/aromatic N) is 3. The first-order valence-electron chi connectivity index (χ1n) is 13.6. The van der Waals surface area contributed by atoms with Crippen LogP contribution in [0.3, 0.4) is 0 Å². The molecule has 1 aliphatic rings. The molecule has 1 atom stereocenters. The minimum absolute atomic E-state index is 0.0370. The Morgan fingerprint density at radius 1 is 1.07 bits per heavy atom. The maximum Gasteiger partial charge on any atom is 0.350 e. The van der Waals surface area contributed by atoms with E-state index in [2.05, 4.69) is 4.98 Å². The molecule has 4 aromatic rings. The van der Waals surface area contributed by atoms with Gasteiger partial charge in [0.1, 0.15) is 23.0 Å². The van der Waals surface area contributed by atoms with Crippen molar-refractivity contribution < 1.29 is 33.9 Å². The second-order valence-corrected chi connectivity index (χ2v) is 10.9. The molecule has 0 spiro atoms. The number of aryl methyl sites for hydroxylation is 2. The molecule has 44 heavy (non-hydrogen) atoms. The third-order valence-corrected chi connectivity index (χ3v) is 8.07. The van der Waals surface area contributed by atoms with E-state index < -0.39 is 34.4 Å². The molecule has 1 N–H and O–H groups in total. The monoisotopic (exact) mass is 613 g/mol. The molecule has 0 radical (unpaired) electrons. The number of hydrogen-bond donors (Lipinski definition) is 1. The number of non-ortho nitro benzene ring substituents is 1.